The largest absolute Gasteiger partial charge is 0.490 e. The molecule has 26 heavy (non-hydrogen) atoms. The first-order chi connectivity index (χ1) is 11.7. The van der Waals surface area contributed by atoms with Gasteiger partial charge in [0.2, 0.25) is 0 Å². The fraction of sp³-hybridized carbons (Fsp3) is 0.941. The van der Waals surface area contributed by atoms with Gasteiger partial charge in [0, 0.05) is 5.94 Å². The fourth-order valence-electron chi connectivity index (χ4n) is 4.74. The molecule has 1 heterocycles. The lowest BCUT2D eigenvalue weighted by Crippen LogP contribution is -2.65. The van der Waals surface area contributed by atoms with E-state index in [2.05, 4.69) is 34.6 Å². The van der Waals surface area contributed by atoms with Gasteiger partial charge in [0.05, 0.1) is 11.7 Å². The first kappa shape index (κ1) is 21.5. The normalized spacial score (nSPS) is 35.9. The number of alkyl halides is 3. The van der Waals surface area contributed by atoms with Gasteiger partial charge in [-0.2, -0.15) is 13.2 Å². The molecule has 4 rings (SSSR count). The van der Waals surface area contributed by atoms with Gasteiger partial charge in [0.15, 0.2) is 0 Å². The van der Waals surface area contributed by atoms with Crippen LogP contribution in [-0.4, -0.2) is 42.0 Å². The van der Waals surface area contributed by atoms with Crippen molar-refractivity contribution in [3.05, 3.63) is 0 Å². The van der Waals surface area contributed by atoms with Crippen LogP contribution in [0.3, 0.4) is 0 Å². The second-order valence-electron chi connectivity index (χ2n) is 8.93. The van der Waals surface area contributed by atoms with Crippen LogP contribution < -0.4 is 5.73 Å². The summed E-state index contributed by atoms with van der Waals surface area (Å²) in [5.74, 6) is -0.739. The Kier molecular flexibility index (Phi) is 5.77. The summed E-state index contributed by atoms with van der Waals surface area (Å²) in [7, 11) is -0.201. The zero-order valence-corrected chi connectivity index (χ0v) is 16.0. The predicted octanol–water partition coefficient (Wildman–Crippen LogP) is 3.26. The zero-order chi connectivity index (χ0) is 20.1. The Morgan fingerprint density at radius 3 is 2.27 bits per heavy atom. The molecule has 4 aliphatic rings. The Morgan fingerprint density at radius 1 is 1.31 bits per heavy atom. The molecule has 2 bridgehead atoms. The lowest BCUT2D eigenvalue weighted by molar-refractivity contribution is -0.199. The van der Waals surface area contributed by atoms with Gasteiger partial charge in [-0.25, -0.2) is 4.79 Å². The van der Waals surface area contributed by atoms with E-state index in [1.54, 1.807) is 0 Å². The van der Waals surface area contributed by atoms with Crippen molar-refractivity contribution in [2.24, 2.45) is 28.9 Å². The molecule has 1 saturated heterocycles. The molecular weight excluding hydrogens is 350 g/mol. The third-order valence-corrected chi connectivity index (χ3v) is 6.30. The number of nitrogens with two attached hydrogens (primary N) is 1. The van der Waals surface area contributed by atoms with Crippen molar-refractivity contribution in [1.29, 1.82) is 0 Å². The zero-order valence-electron chi connectivity index (χ0n) is 16.0. The van der Waals surface area contributed by atoms with E-state index in [9.17, 15) is 13.2 Å². The van der Waals surface area contributed by atoms with Gasteiger partial charge >= 0.3 is 19.3 Å². The molecule has 0 aromatic carbocycles. The number of aliphatic carboxylic acids is 1. The average Bonchev–Trinajstić information content (AvgIpc) is 2.83. The molecule has 5 atom stereocenters. The van der Waals surface area contributed by atoms with E-state index in [1.807, 2.05) is 0 Å². The summed E-state index contributed by atoms with van der Waals surface area (Å²) in [5.41, 5.74) is 6.56. The minimum Gasteiger partial charge on any atom is -0.475 e. The van der Waals surface area contributed by atoms with Crippen molar-refractivity contribution in [2.45, 2.75) is 77.7 Å². The summed E-state index contributed by atoms with van der Waals surface area (Å²) in [6, 6.07) is 0. The Bertz CT molecular complexity index is 543. The Balaban J connectivity index is 0.000000298. The van der Waals surface area contributed by atoms with Crippen LogP contribution in [0.2, 0.25) is 0 Å². The van der Waals surface area contributed by atoms with Gasteiger partial charge in [-0.1, -0.05) is 27.7 Å². The molecule has 9 heteroatoms. The van der Waals surface area contributed by atoms with Gasteiger partial charge in [0.1, 0.15) is 0 Å². The monoisotopic (exact) mass is 379 g/mol. The van der Waals surface area contributed by atoms with E-state index < -0.39 is 12.1 Å². The summed E-state index contributed by atoms with van der Waals surface area (Å²) < 4.78 is 44.3. The predicted molar refractivity (Wildman–Crippen MR) is 91.2 cm³/mol. The summed E-state index contributed by atoms with van der Waals surface area (Å²) >= 11 is 0. The molecule has 1 unspecified atom stereocenters. The number of halogens is 3. The van der Waals surface area contributed by atoms with Crippen molar-refractivity contribution in [1.82, 2.24) is 0 Å². The van der Waals surface area contributed by atoms with Crippen LogP contribution in [-0.2, 0) is 14.1 Å². The van der Waals surface area contributed by atoms with Gasteiger partial charge in [0.25, 0.3) is 0 Å². The highest BCUT2D eigenvalue weighted by atomic mass is 19.4. The molecule has 5 nitrogen and oxygen atoms in total. The topological polar surface area (TPSA) is 81.8 Å². The minimum atomic E-state index is -5.08. The van der Waals surface area contributed by atoms with Crippen molar-refractivity contribution >= 4 is 13.1 Å². The summed E-state index contributed by atoms with van der Waals surface area (Å²) in [5, 5.41) is 7.12. The number of carbonyl (C=O) groups is 1. The third kappa shape index (κ3) is 3.89. The Labute approximate surface area is 152 Å². The minimum absolute atomic E-state index is 0.00253. The molecule has 0 amide bonds. The maximum absolute atomic E-state index is 10.6. The van der Waals surface area contributed by atoms with Crippen LogP contribution in [0.15, 0.2) is 0 Å². The first-order valence-corrected chi connectivity index (χ1v) is 9.08. The average molecular weight is 379 g/mol. The number of carboxylic acids is 1. The maximum atomic E-state index is 10.6. The van der Waals surface area contributed by atoms with Crippen LogP contribution in [0.25, 0.3) is 0 Å². The highest BCUT2D eigenvalue weighted by Crippen LogP contribution is 2.65. The van der Waals surface area contributed by atoms with E-state index in [1.165, 1.54) is 6.42 Å². The van der Waals surface area contributed by atoms with Gasteiger partial charge in [-0.05, 0) is 49.4 Å². The van der Waals surface area contributed by atoms with E-state index in [-0.39, 0.29) is 24.8 Å². The lowest BCUT2D eigenvalue weighted by atomic mass is 9.43. The second kappa shape index (κ2) is 6.98. The Morgan fingerprint density at radius 2 is 1.85 bits per heavy atom. The maximum Gasteiger partial charge on any atom is 0.490 e. The van der Waals surface area contributed by atoms with Crippen LogP contribution in [0.5, 0.6) is 0 Å². The first-order valence-electron chi connectivity index (χ1n) is 9.08. The molecule has 150 valence electrons. The van der Waals surface area contributed by atoms with E-state index in [0.717, 1.165) is 18.8 Å². The number of hydrogen-bond donors (Lipinski definition) is 2. The molecule has 1 aliphatic heterocycles. The molecule has 0 aromatic heterocycles. The SMILES string of the molecule is CC(C)C[C@H](N)B1O[C@@H]2C[C@@H]3CC(C3(C)C)[C@]2(C)O1.O=C(O)C(F)(F)F. The molecular formula is C17H29BF3NO4. The number of rotatable bonds is 3. The molecule has 3 aliphatic carbocycles. The van der Waals surface area contributed by atoms with Gasteiger partial charge in [-0.3, -0.25) is 0 Å². The summed E-state index contributed by atoms with van der Waals surface area (Å²) in [6.45, 7) is 11.4. The van der Waals surface area contributed by atoms with E-state index in [0.29, 0.717) is 17.3 Å². The standard InChI is InChI=1S/C15H28BNO2.C2HF3O2/c1-9(2)6-13(17)16-18-12-8-10-7-11(14(10,3)4)15(12,5)19-16;3-2(4,5)1(6)7/h9-13H,6-8,17H2,1-5H3;(H,6,7)/t10-,11?,12+,13-,15-;/m0./s1. The fourth-order valence-corrected chi connectivity index (χ4v) is 4.74. The van der Waals surface area contributed by atoms with Crippen molar-refractivity contribution in [2.75, 3.05) is 0 Å². The Hall–Kier alpha value is -0.795. The van der Waals surface area contributed by atoms with E-state index in [4.69, 9.17) is 24.9 Å². The summed E-state index contributed by atoms with van der Waals surface area (Å²) in [6.07, 6.45) is -1.42. The van der Waals surface area contributed by atoms with Crippen LogP contribution in [0, 0.1) is 23.2 Å². The molecule has 3 saturated carbocycles. The van der Waals surface area contributed by atoms with Crippen molar-refractivity contribution in [3.8, 4) is 0 Å². The summed E-state index contributed by atoms with van der Waals surface area (Å²) in [4.78, 5) is 8.90. The number of hydrogen-bond acceptors (Lipinski definition) is 4. The van der Waals surface area contributed by atoms with Crippen molar-refractivity contribution in [3.63, 3.8) is 0 Å². The molecule has 4 fully saturated rings. The molecule has 3 N–H and O–H groups in total. The molecule has 0 aromatic rings. The van der Waals surface area contributed by atoms with Gasteiger partial charge in [-0.15, -0.1) is 0 Å². The van der Waals surface area contributed by atoms with Crippen LogP contribution >= 0.6 is 0 Å². The van der Waals surface area contributed by atoms with Gasteiger partial charge < -0.3 is 20.1 Å². The van der Waals surface area contributed by atoms with Crippen molar-refractivity contribution < 1.29 is 32.4 Å². The highest BCUT2D eigenvalue weighted by molar-refractivity contribution is 6.47. The quantitative estimate of drug-likeness (QED) is 0.736. The van der Waals surface area contributed by atoms with Crippen LogP contribution in [0.1, 0.15) is 53.9 Å². The number of carboxylic acid groups (broad SMARTS) is 1. The molecule has 0 spiro atoms. The van der Waals surface area contributed by atoms with Crippen LogP contribution in [0.4, 0.5) is 13.2 Å². The molecule has 0 radical (unpaired) electrons. The highest BCUT2D eigenvalue weighted by Gasteiger charge is 2.68. The third-order valence-electron chi connectivity index (χ3n) is 6.30. The smallest absolute Gasteiger partial charge is 0.475 e. The lowest BCUT2D eigenvalue weighted by Gasteiger charge is -2.64. The van der Waals surface area contributed by atoms with E-state index >= 15 is 0 Å². The second-order valence-corrected chi connectivity index (χ2v) is 8.93.